The Hall–Kier alpha value is 0.300. The molecule has 1 aromatic heterocycles. The molecule has 84 valence electrons. The second kappa shape index (κ2) is 5.58. The predicted molar refractivity (Wildman–Crippen MR) is 71.2 cm³/mol. The average molecular weight is 262 g/mol. The van der Waals surface area contributed by atoms with Gasteiger partial charge in [0.25, 0.3) is 0 Å². The molecular formula is C11H16ClNS2. The van der Waals surface area contributed by atoms with Gasteiger partial charge in [-0.3, -0.25) is 0 Å². The fraction of sp³-hybridized carbons (Fsp3) is 0.636. The number of rotatable bonds is 4. The first-order valence-electron chi connectivity index (χ1n) is 5.37. The van der Waals surface area contributed by atoms with Crippen molar-refractivity contribution < 1.29 is 0 Å². The number of nitrogens with one attached hydrogen (secondary N) is 1. The van der Waals surface area contributed by atoms with E-state index in [2.05, 4.69) is 30.1 Å². The Kier molecular flexibility index (Phi) is 4.38. The van der Waals surface area contributed by atoms with Gasteiger partial charge in [-0.2, -0.15) is 11.8 Å². The molecule has 0 spiro atoms. The van der Waals surface area contributed by atoms with Crippen LogP contribution in [0.5, 0.6) is 0 Å². The standard InChI is InChI=1S/C11H16ClNS2/c1-2-13-11(8-5-6-14-7-8)9-3-4-10(12)15-9/h3-4,8,11,13H,2,5-7H2,1H3. The van der Waals surface area contributed by atoms with E-state index in [0.29, 0.717) is 6.04 Å². The van der Waals surface area contributed by atoms with E-state index in [1.165, 1.54) is 22.8 Å². The lowest BCUT2D eigenvalue weighted by Gasteiger charge is -2.22. The highest BCUT2D eigenvalue weighted by atomic mass is 35.5. The first-order chi connectivity index (χ1) is 7.31. The Morgan fingerprint density at radius 1 is 1.60 bits per heavy atom. The largest absolute Gasteiger partial charge is 0.309 e. The molecule has 2 heterocycles. The van der Waals surface area contributed by atoms with Gasteiger partial charge in [-0.1, -0.05) is 18.5 Å². The summed E-state index contributed by atoms with van der Waals surface area (Å²) in [5, 5.41) is 3.59. The van der Waals surface area contributed by atoms with Crippen LogP contribution >= 0.6 is 34.7 Å². The molecule has 2 unspecified atom stereocenters. The van der Waals surface area contributed by atoms with E-state index in [4.69, 9.17) is 11.6 Å². The van der Waals surface area contributed by atoms with Crippen LogP contribution in [0, 0.1) is 5.92 Å². The van der Waals surface area contributed by atoms with Gasteiger partial charge in [0.1, 0.15) is 0 Å². The van der Waals surface area contributed by atoms with Crippen LogP contribution in [0.3, 0.4) is 0 Å². The van der Waals surface area contributed by atoms with Gasteiger partial charge in [0.05, 0.1) is 4.34 Å². The van der Waals surface area contributed by atoms with Crippen LogP contribution in [-0.4, -0.2) is 18.1 Å². The minimum atomic E-state index is 0.516. The predicted octanol–water partition coefficient (Wildman–Crippen LogP) is 3.81. The lowest BCUT2D eigenvalue weighted by molar-refractivity contribution is 0.407. The first kappa shape index (κ1) is 11.8. The summed E-state index contributed by atoms with van der Waals surface area (Å²) >= 11 is 9.78. The van der Waals surface area contributed by atoms with Crippen LogP contribution in [0.1, 0.15) is 24.3 Å². The number of thioether (sulfide) groups is 1. The van der Waals surface area contributed by atoms with E-state index in [-0.39, 0.29) is 0 Å². The van der Waals surface area contributed by atoms with Gasteiger partial charge in [-0.05, 0) is 42.5 Å². The topological polar surface area (TPSA) is 12.0 Å². The minimum absolute atomic E-state index is 0.516. The maximum absolute atomic E-state index is 6.00. The zero-order valence-corrected chi connectivity index (χ0v) is 11.2. The van der Waals surface area contributed by atoms with E-state index in [1.807, 2.05) is 6.07 Å². The summed E-state index contributed by atoms with van der Waals surface area (Å²) in [4.78, 5) is 1.40. The van der Waals surface area contributed by atoms with Crippen molar-refractivity contribution in [3.63, 3.8) is 0 Å². The Morgan fingerprint density at radius 2 is 2.47 bits per heavy atom. The van der Waals surface area contributed by atoms with Crippen molar-refractivity contribution in [2.45, 2.75) is 19.4 Å². The van der Waals surface area contributed by atoms with Gasteiger partial charge in [0, 0.05) is 10.9 Å². The molecule has 0 amide bonds. The zero-order valence-electron chi connectivity index (χ0n) is 8.83. The number of hydrogen-bond donors (Lipinski definition) is 1. The van der Waals surface area contributed by atoms with Crippen molar-refractivity contribution >= 4 is 34.7 Å². The summed E-state index contributed by atoms with van der Waals surface area (Å²) in [6, 6.07) is 4.69. The fourth-order valence-corrected chi connectivity index (χ4v) is 4.56. The van der Waals surface area contributed by atoms with Crippen LogP contribution in [0.25, 0.3) is 0 Å². The summed E-state index contributed by atoms with van der Waals surface area (Å²) in [7, 11) is 0. The number of thiophene rings is 1. The molecule has 1 N–H and O–H groups in total. The van der Waals surface area contributed by atoms with Crippen molar-refractivity contribution in [2.24, 2.45) is 5.92 Å². The lowest BCUT2D eigenvalue weighted by Crippen LogP contribution is -2.27. The molecule has 15 heavy (non-hydrogen) atoms. The molecule has 1 aliphatic heterocycles. The molecule has 1 nitrogen and oxygen atoms in total. The molecule has 2 rings (SSSR count). The second-order valence-corrected chi connectivity index (χ2v) is 6.70. The SMILES string of the molecule is CCNC(c1ccc(Cl)s1)C1CCSC1. The third-order valence-corrected chi connectivity index (χ3v) is 5.26. The van der Waals surface area contributed by atoms with Crippen molar-refractivity contribution in [2.75, 3.05) is 18.1 Å². The van der Waals surface area contributed by atoms with Crippen LogP contribution in [0.4, 0.5) is 0 Å². The molecule has 0 aromatic carbocycles. The van der Waals surface area contributed by atoms with Crippen LogP contribution in [0.15, 0.2) is 12.1 Å². The van der Waals surface area contributed by atoms with Gasteiger partial charge in [0.15, 0.2) is 0 Å². The maximum atomic E-state index is 6.00. The van der Waals surface area contributed by atoms with Gasteiger partial charge in [0.2, 0.25) is 0 Å². The Balaban J connectivity index is 2.11. The summed E-state index contributed by atoms with van der Waals surface area (Å²) in [5.41, 5.74) is 0. The van der Waals surface area contributed by atoms with E-state index >= 15 is 0 Å². The highest BCUT2D eigenvalue weighted by Crippen LogP contribution is 2.37. The Labute approximate surface area is 105 Å². The van der Waals surface area contributed by atoms with Crippen LogP contribution in [-0.2, 0) is 0 Å². The van der Waals surface area contributed by atoms with Crippen molar-refractivity contribution in [1.29, 1.82) is 0 Å². The normalized spacial score (nSPS) is 23.2. The van der Waals surface area contributed by atoms with E-state index in [1.54, 1.807) is 11.3 Å². The molecule has 0 saturated carbocycles. The van der Waals surface area contributed by atoms with Gasteiger partial charge >= 0.3 is 0 Å². The summed E-state index contributed by atoms with van der Waals surface area (Å²) in [5.74, 6) is 3.38. The lowest BCUT2D eigenvalue weighted by atomic mass is 9.98. The van der Waals surface area contributed by atoms with E-state index < -0.39 is 0 Å². The highest BCUT2D eigenvalue weighted by Gasteiger charge is 2.26. The van der Waals surface area contributed by atoms with Crippen molar-refractivity contribution in [1.82, 2.24) is 5.32 Å². The smallest absolute Gasteiger partial charge is 0.0931 e. The third kappa shape index (κ3) is 2.90. The maximum Gasteiger partial charge on any atom is 0.0931 e. The number of halogens is 1. The van der Waals surface area contributed by atoms with E-state index in [0.717, 1.165) is 16.8 Å². The Morgan fingerprint density at radius 3 is 3.00 bits per heavy atom. The van der Waals surface area contributed by atoms with Gasteiger partial charge in [-0.25, -0.2) is 0 Å². The molecular weight excluding hydrogens is 246 g/mol. The van der Waals surface area contributed by atoms with Gasteiger partial charge in [-0.15, -0.1) is 11.3 Å². The van der Waals surface area contributed by atoms with Crippen LogP contribution in [0.2, 0.25) is 4.34 Å². The first-order valence-corrected chi connectivity index (χ1v) is 7.72. The molecule has 0 radical (unpaired) electrons. The molecule has 1 aromatic rings. The molecule has 4 heteroatoms. The zero-order chi connectivity index (χ0) is 10.7. The van der Waals surface area contributed by atoms with Crippen molar-refractivity contribution in [3.05, 3.63) is 21.3 Å². The molecule has 0 bridgehead atoms. The quantitative estimate of drug-likeness (QED) is 0.885. The summed E-state index contributed by atoms with van der Waals surface area (Å²) < 4.78 is 0.901. The number of hydrogen-bond acceptors (Lipinski definition) is 3. The fourth-order valence-electron chi connectivity index (χ4n) is 2.03. The molecule has 1 aliphatic rings. The summed E-state index contributed by atoms with van der Waals surface area (Å²) in [6.45, 7) is 3.20. The summed E-state index contributed by atoms with van der Waals surface area (Å²) in [6.07, 6.45) is 1.33. The van der Waals surface area contributed by atoms with E-state index in [9.17, 15) is 0 Å². The van der Waals surface area contributed by atoms with Crippen LogP contribution < -0.4 is 5.32 Å². The third-order valence-electron chi connectivity index (χ3n) is 2.76. The average Bonchev–Trinajstić information content (AvgIpc) is 2.85. The Bertz CT molecular complexity index is 307. The molecule has 2 atom stereocenters. The molecule has 0 aliphatic carbocycles. The monoisotopic (exact) mass is 261 g/mol. The van der Waals surface area contributed by atoms with Gasteiger partial charge < -0.3 is 5.32 Å². The second-order valence-electron chi connectivity index (χ2n) is 3.80. The highest BCUT2D eigenvalue weighted by molar-refractivity contribution is 7.99. The minimum Gasteiger partial charge on any atom is -0.309 e. The van der Waals surface area contributed by atoms with Crippen molar-refractivity contribution in [3.8, 4) is 0 Å². The molecule has 1 saturated heterocycles. The molecule has 1 fully saturated rings.